The molecular formula is C18H27N3Na2O16P2. The Morgan fingerprint density at radius 1 is 1.07 bits per heavy atom. The van der Waals surface area contributed by atoms with Crippen molar-refractivity contribution in [2.24, 2.45) is 4.99 Å². The molecule has 2 unspecified atom stereocenters. The van der Waals surface area contributed by atoms with Crippen LogP contribution in [0.2, 0.25) is 0 Å². The predicted octanol–water partition coefficient (Wildman–Crippen LogP) is -11.1. The first-order chi connectivity index (χ1) is 18.0. The minimum absolute atomic E-state index is 0. The van der Waals surface area contributed by atoms with E-state index in [1.54, 1.807) is 0 Å². The molecule has 0 spiro atoms. The third kappa shape index (κ3) is 10.1. The second-order valence-electron chi connectivity index (χ2n) is 8.68. The number of nitrogens with zero attached hydrogens (tertiary/aromatic N) is 3. The Morgan fingerprint density at radius 3 is 2.24 bits per heavy atom. The van der Waals surface area contributed by atoms with Crippen LogP contribution in [-0.2, 0) is 27.4 Å². The molecule has 11 atom stereocenters. The van der Waals surface area contributed by atoms with Crippen LogP contribution in [0.3, 0.4) is 0 Å². The van der Waals surface area contributed by atoms with Gasteiger partial charge in [0.1, 0.15) is 42.7 Å². The van der Waals surface area contributed by atoms with Crippen molar-refractivity contribution in [1.82, 2.24) is 9.55 Å². The fraction of sp³-hybridized carbons (Fsp3) is 0.722. The summed E-state index contributed by atoms with van der Waals surface area (Å²) >= 11 is 0. The molecule has 3 rings (SSSR count). The molecule has 41 heavy (non-hydrogen) atoms. The van der Waals surface area contributed by atoms with Crippen molar-refractivity contribution in [1.29, 1.82) is 0 Å². The largest absolute Gasteiger partial charge is 1.00 e. The fourth-order valence-electron chi connectivity index (χ4n) is 4.00. The third-order valence-corrected chi connectivity index (χ3v) is 8.92. The van der Waals surface area contributed by atoms with Crippen LogP contribution in [0.5, 0.6) is 5.88 Å². The van der Waals surface area contributed by atoms with Crippen LogP contribution in [0.4, 0.5) is 0 Å². The van der Waals surface area contributed by atoms with Gasteiger partial charge < -0.3 is 55.0 Å². The maximum absolute atomic E-state index is 12.6. The van der Waals surface area contributed by atoms with Crippen molar-refractivity contribution in [2.75, 3.05) is 19.4 Å². The molecule has 0 bridgehead atoms. The molecular weight excluding hydrogens is 622 g/mol. The Kier molecular flexibility index (Phi) is 15.2. The van der Waals surface area contributed by atoms with Crippen molar-refractivity contribution >= 4 is 21.3 Å². The minimum atomic E-state index is -5.41. The van der Waals surface area contributed by atoms with Crippen LogP contribution in [0.15, 0.2) is 22.1 Å². The summed E-state index contributed by atoms with van der Waals surface area (Å²) in [5, 5.41) is 72.6. The van der Waals surface area contributed by atoms with Gasteiger partial charge in [-0.15, -0.1) is 0 Å². The zero-order valence-electron chi connectivity index (χ0n) is 22.0. The predicted molar refractivity (Wildman–Crippen MR) is 120 cm³/mol. The van der Waals surface area contributed by atoms with E-state index in [0.29, 0.717) is 4.57 Å². The summed E-state index contributed by atoms with van der Waals surface area (Å²) in [5.41, 5.74) is -1.11. The number of hydrogen-bond donors (Lipinski definition) is 7. The van der Waals surface area contributed by atoms with E-state index in [1.807, 2.05) is 0 Å². The van der Waals surface area contributed by atoms with E-state index in [9.17, 15) is 59.5 Å². The molecule has 3 heterocycles. The van der Waals surface area contributed by atoms with Crippen molar-refractivity contribution in [3.63, 3.8) is 0 Å². The molecule has 7 N–H and O–H groups in total. The van der Waals surface area contributed by atoms with Crippen LogP contribution in [-0.4, -0.2) is 119 Å². The maximum Gasteiger partial charge on any atom is 1.00 e. The summed E-state index contributed by atoms with van der Waals surface area (Å²) in [6, 6.07) is -0.716. The van der Waals surface area contributed by atoms with E-state index in [2.05, 4.69) is 18.8 Å². The molecule has 2 fully saturated rings. The quantitative estimate of drug-likeness (QED) is 0.0535. The standard InChI is InChI=1S/C18H29N3O16P2.2Na/c1-7(23)19-12-10(35-8(4-22)13(25)15(12)27)6-38(30,31)37-39(32,33)34-5-9-14(26)16(28)17(36-9)21-3-2-11(24)20-18(21)29;;/h2-3,8-10,12-17,22,25-28H,4-6H2,1H3,(H,19,23)(H,30,31)(H,32,33)(H,20,24,29);;/q;2*+1/p-2/t8-,9-,10-,12+,13-,14-,15-,16-,17-;;/m1../s1. The van der Waals surface area contributed by atoms with Crippen LogP contribution >= 0.6 is 15.4 Å². The van der Waals surface area contributed by atoms with Gasteiger partial charge in [0.15, 0.2) is 6.23 Å². The van der Waals surface area contributed by atoms with E-state index in [0.717, 1.165) is 19.2 Å². The van der Waals surface area contributed by atoms with Crippen LogP contribution in [0, 0.1) is 0 Å². The van der Waals surface area contributed by atoms with Gasteiger partial charge in [-0.1, -0.05) is 0 Å². The van der Waals surface area contributed by atoms with Gasteiger partial charge in [-0.25, -0.2) is 18.7 Å². The Hall–Kier alpha value is 0.170. The first kappa shape index (κ1) is 39.2. The fourth-order valence-corrected chi connectivity index (χ4v) is 6.84. The first-order valence-electron chi connectivity index (χ1n) is 11.2. The molecule has 1 aromatic rings. The minimum Gasteiger partial charge on any atom is -0.862 e. The van der Waals surface area contributed by atoms with Crippen LogP contribution in [0.1, 0.15) is 13.2 Å². The number of hydrogen-bond acceptors (Lipinski definition) is 16. The average Bonchev–Trinajstić information content (AvgIpc) is 3.10. The SMILES string of the molecule is CC([O-])=N[C@@H]1[C@@H](O)[C@H](O)[C@@H](CO)O[C@@H]1CP(=O)(O)OP(=O)(O)OC[C@H]1O[C@@H](n2ccc([O-])nc2=O)[C@H](O)[C@@H]1O.[Na+].[Na+]. The van der Waals surface area contributed by atoms with Crippen molar-refractivity contribution in [3.05, 3.63) is 22.7 Å². The molecule has 222 valence electrons. The van der Waals surface area contributed by atoms with E-state index >= 15 is 0 Å². The number of phosphoric acid groups is 1. The van der Waals surface area contributed by atoms with E-state index in [1.165, 1.54) is 0 Å². The molecule has 0 amide bonds. The topological polar surface area (TPSA) is 306 Å². The number of aliphatic hydroxyl groups is 5. The summed E-state index contributed by atoms with van der Waals surface area (Å²) in [6.45, 7) is -0.838. The van der Waals surface area contributed by atoms with Gasteiger partial charge >= 0.3 is 80.2 Å². The van der Waals surface area contributed by atoms with Crippen molar-refractivity contribution in [3.8, 4) is 5.88 Å². The normalized spacial score (nSPS) is 35.0. The van der Waals surface area contributed by atoms with E-state index in [-0.39, 0.29) is 59.1 Å². The van der Waals surface area contributed by atoms with Gasteiger partial charge in [-0.05, 0) is 24.8 Å². The Balaban J connectivity index is 0.00000420. The van der Waals surface area contributed by atoms with Gasteiger partial charge in [0.2, 0.25) is 0 Å². The Bertz CT molecular complexity index is 1200. The molecule has 23 heteroatoms. The molecule has 0 saturated carbocycles. The number of phosphoric ester groups is 1. The van der Waals surface area contributed by atoms with Gasteiger partial charge in [-0.3, -0.25) is 18.6 Å². The molecule has 2 saturated heterocycles. The van der Waals surface area contributed by atoms with Crippen molar-refractivity contribution in [2.45, 2.75) is 61.9 Å². The molecule has 1 aromatic heterocycles. The monoisotopic (exact) mass is 649 g/mol. The van der Waals surface area contributed by atoms with E-state index in [4.69, 9.17) is 9.47 Å². The summed E-state index contributed by atoms with van der Waals surface area (Å²) in [5.74, 6) is -1.71. The average molecular weight is 649 g/mol. The third-order valence-electron chi connectivity index (χ3n) is 5.78. The number of aliphatic hydroxyl groups excluding tert-OH is 5. The maximum atomic E-state index is 12.6. The van der Waals surface area contributed by atoms with Gasteiger partial charge in [-0.2, -0.15) is 0 Å². The summed E-state index contributed by atoms with van der Waals surface area (Å²) in [6.07, 6.45) is -13.5. The first-order valence-corrected chi connectivity index (χ1v) is 14.4. The van der Waals surface area contributed by atoms with Crippen LogP contribution < -0.4 is 75.0 Å². The zero-order chi connectivity index (χ0) is 29.3. The second-order valence-corrected chi connectivity index (χ2v) is 12.2. The number of aliphatic imine (C=N–C) groups is 1. The van der Waals surface area contributed by atoms with Gasteiger partial charge in [0.05, 0.1) is 25.5 Å². The number of ether oxygens (including phenoxy) is 2. The van der Waals surface area contributed by atoms with Gasteiger partial charge in [0, 0.05) is 6.20 Å². The molecule has 0 aromatic carbocycles. The Labute approximate surface area is 276 Å². The Morgan fingerprint density at radius 2 is 1.68 bits per heavy atom. The van der Waals surface area contributed by atoms with Gasteiger partial charge in [0.25, 0.3) is 0 Å². The number of aromatic nitrogens is 2. The summed E-state index contributed by atoms with van der Waals surface area (Å²) in [4.78, 5) is 38.7. The molecule has 2 aliphatic rings. The second kappa shape index (κ2) is 15.9. The van der Waals surface area contributed by atoms with Crippen LogP contribution in [0.25, 0.3) is 0 Å². The molecule has 0 aliphatic carbocycles. The molecule has 19 nitrogen and oxygen atoms in total. The summed E-state index contributed by atoms with van der Waals surface area (Å²) in [7, 11) is -10.6. The number of rotatable bonds is 10. The smallest absolute Gasteiger partial charge is 0.862 e. The molecule has 2 aliphatic heterocycles. The van der Waals surface area contributed by atoms with Crippen molar-refractivity contribution < 1.29 is 132 Å². The zero-order valence-corrected chi connectivity index (χ0v) is 27.8. The summed E-state index contributed by atoms with van der Waals surface area (Å²) < 4.78 is 45.2. The molecule has 0 radical (unpaired) electrons. The van der Waals surface area contributed by atoms with E-state index < -0.39 is 107 Å².